The number of nitrogens with zero attached hydrogens (tertiary/aromatic N) is 1. The molecule has 0 amide bonds. The Hall–Kier alpha value is -1.46. The molecule has 0 bridgehead atoms. The zero-order chi connectivity index (χ0) is 13.8. The summed E-state index contributed by atoms with van der Waals surface area (Å²) in [6.07, 6.45) is 0.587. The van der Waals surface area contributed by atoms with Gasteiger partial charge < -0.3 is 10.5 Å². The van der Waals surface area contributed by atoms with E-state index in [1.54, 1.807) is 17.4 Å². The van der Waals surface area contributed by atoms with Crippen LogP contribution in [-0.4, -0.2) is 11.0 Å². The van der Waals surface area contributed by atoms with Crippen molar-refractivity contribution in [1.29, 1.82) is 0 Å². The molecule has 1 unspecified atom stereocenters. The molecule has 3 nitrogen and oxygen atoms in total. The summed E-state index contributed by atoms with van der Waals surface area (Å²) in [5.74, 6) is 0.402. The first-order valence-corrected chi connectivity index (χ1v) is 7.00. The molecule has 1 aromatic carbocycles. The maximum atomic E-state index is 13.3. The lowest BCUT2D eigenvalue weighted by Gasteiger charge is -2.12. The van der Waals surface area contributed by atoms with Gasteiger partial charge in [0.25, 0.3) is 0 Å². The molecule has 19 heavy (non-hydrogen) atoms. The van der Waals surface area contributed by atoms with Crippen molar-refractivity contribution in [3.63, 3.8) is 0 Å². The molecule has 0 spiro atoms. The summed E-state index contributed by atoms with van der Waals surface area (Å²) in [6, 6.07) is 4.48. The van der Waals surface area contributed by atoms with Crippen molar-refractivity contribution < 1.29 is 9.13 Å². The lowest BCUT2D eigenvalue weighted by atomic mass is 10.1. The van der Waals surface area contributed by atoms with Gasteiger partial charge in [0, 0.05) is 17.1 Å². The Kier molecular flexibility index (Phi) is 4.50. The second kappa shape index (κ2) is 6.12. The third-order valence-electron chi connectivity index (χ3n) is 2.58. The van der Waals surface area contributed by atoms with Crippen molar-refractivity contribution in [1.82, 2.24) is 4.98 Å². The minimum atomic E-state index is -0.270. The predicted octanol–water partition coefficient (Wildman–Crippen LogP) is 3.06. The number of nitrogens with two attached hydrogens (primary N) is 1. The molecule has 5 heteroatoms. The predicted molar refractivity (Wildman–Crippen MR) is 74.9 cm³/mol. The van der Waals surface area contributed by atoms with E-state index in [-0.39, 0.29) is 11.9 Å². The highest BCUT2D eigenvalue weighted by molar-refractivity contribution is 7.09. The van der Waals surface area contributed by atoms with E-state index < -0.39 is 0 Å². The summed E-state index contributed by atoms with van der Waals surface area (Å²) in [7, 11) is 0. The standard InChI is InChI=1S/C14H17FN2OS/c1-9(16)5-11-6-12(15)3-4-13(11)18-7-14-17-10(2)8-19-14/h3-4,6,8-9H,5,7,16H2,1-2H3. The zero-order valence-corrected chi connectivity index (χ0v) is 11.8. The van der Waals surface area contributed by atoms with Crippen molar-refractivity contribution in [2.45, 2.75) is 32.9 Å². The van der Waals surface area contributed by atoms with Crippen LogP contribution in [0.1, 0.15) is 23.2 Å². The van der Waals surface area contributed by atoms with E-state index >= 15 is 0 Å². The third kappa shape index (κ3) is 4.01. The minimum absolute atomic E-state index is 0.0359. The average molecular weight is 280 g/mol. The van der Waals surface area contributed by atoms with Crippen LogP contribution in [0, 0.1) is 12.7 Å². The van der Waals surface area contributed by atoms with Crippen molar-refractivity contribution in [2.24, 2.45) is 5.73 Å². The maximum absolute atomic E-state index is 13.3. The third-order valence-corrected chi connectivity index (χ3v) is 3.52. The van der Waals surface area contributed by atoms with E-state index in [1.807, 2.05) is 19.2 Å². The van der Waals surface area contributed by atoms with Gasteiger partial charge in [-0.25, -0.2) is 9.37 Å². The quantitative estimate of drug-likeness (QED) is 0.915. The highest BCUT2D eigenvalue weighted by Gasteiger charge is 2.09. The Morgan fingerprint density at radius 3 is 2.89 bits per heavy atom. The molecule has 0 aliphatic rings. The Labute approximate surface area is 116 Å². The van der Waals surface area contributed by atoms with Gasteiger partial charge in [-0.1, -0.05) is 0 Å². The number of thiazole rings is 1. The molecule has 0 saturated heterocycles. The first-order chi connectivity index (χ1) is 9.04. The molecule has 1 atom stereocenters. The van der Waals surface area contributed by atoms with E-state index in [1.165, 1.54) is 12.1 Å². The maximum Gasteiger partial charge on any atom is 0.140 e. The first kappa shape index (κ1) is 14.0. The summed E-state index contributed by atoms with van der Waals surface area (Å²) >= 11 is 1.56. The molecule has 2 aromatic rings. The molecule has 1 heterocycles. The molecule has 1 aromatic heterocycles. The molecule has 2 rings (SSSR count). The van der Waals surface area contributed by atoms with Crippen LogP contribution in [0.3, 0.4) is 0 Å². The van der Waals surface area contributed by atoms with Crippen LogP contribution in [0.15, 0.2) is 23.6 Å². The Bertz CT molecular complexity index is 554. The van der Waals surface area contributed by atoms with Crippen LogP contribution in [0.5, 0.6) is 5.75 Å². The lowest BCUT2D eigenvalue weighted by Crippen LogP contribution is -2.18. The molecule has 0 saturated carbocycles. The van der Waals surface area contributed by atoms with Gasteiger partial charge in [0.05, 0.1) is 0 Å². The number of ether oxygens (including phenoxy) is 1. The fraction of sp³-hybridized carbons (Fsp3) is 0.357. The Balaban J connectivity index is 2.10. The van der Waals surface area contributed by atoms with Crippen LogP contribution >= 0.6 is 11.3 Å². The van der Waals surface area contributed by atoms with Gasteiger partial charge in [-0.2, -0.15) is 0 Å². The van der Waals surface area contributed by atoms with E-state index in [0.717, 1.165) is 16.3 Å². The van der Waals surface area contributed by atoms with Crippen molar-refractivity contribution in [2.75, 3.05) is 0 Å². The normalized spacial score (nSPS) is 12.4. The van der Waals surface area contributed by atoms with Gasteiger partial charge >= 0.3 is 0 Å². The zero-order valence-electron chi connectivity index (χ0n) is 11.0. The van der Waals surface area contributed by atoms with Gasteiger partial charge in [-0.3, -0.25) is 0 Å². The minimum Gasteiger partial charge on any atom is -0.486 e. The van der Waals surface area contributed by atoms with Crippen molar-refractivity contribution in [3.05, 3.63) is 45.7 Å². The van der Waals surface area contributed by atoms with Crippen LogP contribution in [0.2, 0.25) is 0 Å². The van der Waals surface area contributed by atoms with Crippen molar-refractivity contribution in [3.8, 4) is 5.75 Å². The first-order valence-electron chi connectivity index (χ1n) is 6.12. The monoisotopic (exact) mass is 280 g/mol. The van der Waals surface area contributed by atoms with Gasteiger partial charge in [0.1, 0.15) is 23.2 Å². The fourth-order valence-corrected chi connectivity index (χ4v) is 2.49. The Morgan fingerprint density at radius 1 is 1.47 bits per heavy atom. The van der Waals surface area contributed by atoms with E-state index in [9.17, 15) is 4.39 Å². The van der Waals surface area contributed by atoms with Gasteiger partial charge in [0.15, 0.2) is 0 Å². The van der Waals surface area contributed by atoms with E-state index in [4.69, 9.17) is 10.5 Å². The summed E-state index contributed by atoms with van der Waals surface area (Å²) in [6.45, 7) is 4.23. The van der Waals surface area contributed by atoms with Crippen LogP contribution in [-0.2, 0) is 13.0 Å². The molecule has 102 valence electrons. The summed E-state index contributed by atoms with van der Waals surface area (Å²) in [4.78, 5) is 4.33. The number of hydrogen-bond acceptors (Lipinski definition) is 4. The fourth-order valence-electron chi connectivity index (χ4n) is 1.80. The highest BCUT2D eigenvalue weighted by atomic mass is 32.1. The van der Waals surface area contributed by atoms with Crippen LogP contribution < -0.4 is 10.5 Å². The van der Waals surface area contributed by atoms with Gasteiger partial charge in [0.2, 0.25) is 0 Å². The van der Waals surface area contributed by atoms with E-state index in [0.29, 0.717) is 18.8 Å². The van der Waals surface area contributed by atoms with Crippen molar-refractivity contribution >= 4 is 11.3 Å². The van der Waals surface area contributed by atoms with Crippen LogP contribution in [0.4, 0.5) is 4.39 Å². The number of halogens is 1. The van der Waals surface area contributed by atoms with E-state index in [2.05, 4.69) is 4.98 Å². The molecule has 2 N–H and O–H groups in total. The molecular formula is C14H17FN2OS. The Morgan fingerprint density at radius 2 is 2.26 bits per heavy atom. The second-order valence-corrected chi connectivity index (χ2v) is 5.55. The molecular weight excluding hydrogens is 263 g/mol. The number of aryl methyl sites for hydroxylation is 1. The topological polar surface area (TPSA) is 48.1 Å². The number of aromatic nitrogens is 1. The summed E-state index contributed by atoms with van der Waals surface area (Å²) in [5.41, 5.74) is 7.55. The number of hydrogen-bond donors (Lipinski definition) is 1. The molecule has 0 fully saturated rings. The highest BCUT2D eigenvalue weighted by Crippen LogP contribution is 2.23. The largest absolute Gasteiger partial charge is 0.486 e. The molecule has 0 aliphatic carbocycles. The SMILES string of the molecule is Cc1csc(COc2ccc(F)cc2CC(C)N)n1. The molecule has 0 radical (unpaired) electrons. The number of rotatable bonds is 5. The van der Waals surface area contributed by atoms with Crippen LogP contribution in [0.25, 0.3) is 0 Å². The number of benzene rings is 1. The summed E-state index contributed by atoms with van der Waals surface area (Å²) in [5, 5.41) is 2.89. The lowest BCUT2D eigenvalue weighted by molar-refractivity contribution is 0.301. The molecule has 0 aliphatic heterocycles. The van der Waals surface area contributed by atoms with Gasteiger partial charge in [-0.05, 0) is 44.0 Å². The average Bonchev–Trinajstić information content (AvgIpc) is 2.73. The summed E-state index contributed by atoms with van der Waals surface area (Å²) < 4.78 is 19.0. The smallest absolute Gasteiger partial charge is 0.140 e. The second-order valence-electron chi connectivity index (χ2n) is 4.60. The van der Waals surface area contributed by atoms with Gasteiger partial charge in [-0.15, -0.1) is 11.3 Å².